The second-order valence-corrected chi connectivity index (χ2v) is 14.6. The van der Waals surface area contributed by atoms with Crippen LogP contribution in [0, 0.1) is 46.3 Å². The van der Waals surface area contributed by atoms with Crippen LogP contribution in [0.25, 0.3) is 0 Å². The Morgan fingerprint density at radius 3 is 2.13 bits per heavy atom. The molecular weight excluding hydrogens is 492 g/mol. The van der Waals surface area contributed by atoms with Crippen molar-refractivity contribution in [1.82, 2.24) is 0 Å². The van der Waals surface area contributed by atoms with E-state index in [0.29, 0.717) is 36.0 Å². The molecule has 4 saturated carbocycles. The average Bonchev–Trinajstić information content (AvgIpc) is 3.16. The molecule has 0 spiro atoms. The second-order valence-electron chi connectivity index (χ2n) is 14.6. The molecule has 0 saturated heterocycles. The van der Waals surface area contributed by atoms with E-state index in [0.717, 1.165) is 37.0 Å². The van der Waals surface area contributed by atoms with Crippen molar-refractivity contribution in [1.29, 1.82) is 0 Å². The van der Waals surface area contributed by atoms with Crippen LogP contribution in [-0.2, 0) is 28.6 Å². The molecule has 39 heavy (non-hydrogen) atoms. The van der Waals surface area contributed by atoms with Gasteiger partial charge in [0.05, 0.1) is 0 Å². The van der Waals surface area contributed by atoms with Gasteiger partial charge < -0.3 is 14.2 Å². The molecule has 0 amide bonds. The minimum atomic E-state index is -0.986. The molecule has 0 radical (unpaired) electrons. The topological polar surface area (TPSA) is 78.9 Å². The van der Waals surface area contributed by atoms with Crippen molar-refractivity contribution in [2.75, 3.05) is 0 Å². The third kappa shape index (κ3) is 5.52. The number of carbonyl (C=O) groups is 3. The predicted octanol–water partition coefficient (Wildman–Crippen LogP) is 7.27. The van der Waals surface area contributed by atoms with E-state index in [2.05, 4.69) is 34.6 Å². The maximum Gasteiger partial charge on any atom is 0.303 e. The zero-order chi connectivity index (χ0) is 28.8. The first-order chi connectivity index (χ1) is 18.2. The van der Waals surface area contributed by atoms with Crippen molar-refractivity contribution in [3.63, 3.8) is 0 Å². The quantitative estimate of drug-likeness (QED) is 0.235. The Labute approximate surface area is 236 Å². The van der Waals surface area contributed by atoms with Gasteiger partial charge in [-0.1, -0.05) is 53.9 Å². The smallest absolute Gasteiger partial charge is 0.303 e. The lowest BCUT2D eigenvalue weighted by Crippen LogP contribution is -2.70. The van der Waals surface area contributed by atoms with Gasteiger partial charge >= 0.3 is 17.9 Å². The SMILES string of the molecule is CC(=O)O[C@H]1CC[C@]2(C)[C@@H]3CC[C@]4(C)[C@@H]([C@H](C)CCCC(C)C)CC[C@H]4[C@H]3C[C@@H](OC(C)=O)[C@@]2(OC(C)=O)C1. The minimum Gasteiger partial charge on any atom is -0.462 e. The third-order valence-electron chi connectivity index (χ3n) is 11.9. The number of rotatable bonds is 8. The van der Waals surface area contributed by atoms with E-state index in [9.17, 15) is 14.4 Å². The summed E-state index contributed by atoms with van der Waals surface area (Å²) < 4.78 is 18.1. The Morgan fingerprint density at radius 1 is 0.821 bits per heavy atom. The van der Waals surface area contributed by atoms with Crippen molar-refractivity contribution in [2.24, 2.45) is 46.3 Å². The van der Waals surface area contributed by atoms with Crippen LogP contribution in [0.1, 0.15) is 126 Å². The highest BCUT2D eigenvalue weighted by Gasteiger charge is 2.71. The van der Waals surface area contributed by atoms with Crippen molar-refractivity contribution in [3.8, 4) is 0 Å². The van der Waals surface area contributed by atoms with Gasteiger partial charge in [0.2, 0.25) is 0 Å². The minimum absolute atomic E-state index is 0.298. The maximum atomic E-state index is 12.6. The molecule has 0 aromatic carbocycles. The first-order valence-corrected chi connectivity index (χ1v) is 15.8. The first kappa shape index (κ1) is 30.4. The number of hydrogen-bond donors (Lipinski definition) is 0. The van der Waals surface area contributed by atoms with Gasteiger partial charge in [-0.3, -0.25) is 14.4 Å². The van der Waals surface area contributed by atoms with Crippen molar-refractivity contribution in [2.45, 2.75) is 144 Å². The van der Waals surface area contributed by atoms with Gasteiger partial charge in [0.15, 0.2) is 5.60 Å². The molecule has 4 rings (SSSR count). The molecule has 0 unspecified atom stereocenters. The molecule has 6 nitrogen and oxygen atoms in total. The fraction of sp³-hybridized carbons (Fsp3) is 0.909. The largest absolute Gasteiger partial charge is 0.462 e. The summed E-state index contributed by atoms with van der Waals surface area (Å²) in [6.07, 6.45) is 10.5. The van der Waals surface area contributed by atoms with E-state index in [4.69, 9.17) is 14.2 Å². The van der Waals surface area contributed by atoms with Crippen molar-refractivity contribution in [3.05, 3.63) is 0 Å². The van der Waals surface area contributed by atoms with Gasteiger partial charge in [0, 0.05) is 32.6 Å². The van der Waals surface area contributed by atoms with Crippen LogP contribution in [0.2, 0.25) is 0 Å². The standard InChI is InChI=1S/C33H54O6/c1-20(2)10-9-11-21(3)27-12-13-28-26-18-30(38-23(5)35)33(39-24(6)36)19-25(37-22(4)34)14-17-32(33,8)29(26)15-16-31(27,28)7/h20-21,25-30H,9-19H2,1-8H3/t21-,25+,26-,27-,28+,29-,30-,31-,32-,33+/m1/s1. The first-order valence-electron chi connectivity index (χ1n) is 15.8. The van der Waals surface area contributed by atoms with Gasteiger partial charge in [0.25, 0.3) is 0 Å². The predicted molar refractivity (Wildman–Crippen MR) is 151 cm³/mol. The molecule has 4 aliphatic rings. The van der Waals surface area contributed by atoms with Crippen LogP contribution in [-0.4, -0.2) is 35.7 Å². The third-order valence-corrected chi connectivity index (χ3v) is 11.9. The Bertz CT molecular complexity index is 929. The van der Waals surface area contributed by atoms with Crippen molar-refractivity contribution >= 4 is 17.9 Å². The summed E-state index contributed by atoms with van der Waals surface area (Å²) >= 11 is 0. The number of esters is 3. The van der Waals surface area contributed by atoms with Crippen LogP contribution in [0.15, 0.2) is 0 Å². The van der Waals surface area contributed by atoms with E-state index in [1.54, 1.807) is 0 Å². The summed E-state index contributed by atoms with van der Waals surface area (Å²) in [6.45, 7) is 16.3. The van der Waals surface area contributed by atoms with Gasteiger partial charge in [-0.2, -0.15) is 0 Å². The number of carbonyl (C=O) groups excluding carboxylic acids is 3. The highest BCUT2D eigenvalue weighted by atomic mass is 16.6. The molecule has 0 aromatic rings. The normalized spacial score (nSPS) is 42.1. The summed E-state index contributed by atoms with van der Waals surface area (Å²) in [4.78, 5) is 37.0. The maximum absolute atomic E-state index is 12.6. The number of hydrogen-bond acceptors (Lipinski definition) is 6. The van der Waals surface area contributed by atoms with Gasteiger partial charge in [-0.15, -0.1) is 0 Å². The highest BCUT2D eigenvalue weighted by molar-refractivity contribution is 5.68. The molecule has 0 aromatic heterocycles. The van der Waals surface area contributed by atoms with E-state index in [1.165, 1.54) is 59.3 Å². The molecule has 4 fully saturated rings. The van der Waals surface area contributed by atoms with E-state index in [1.807, 2.05) is 0 Å². The lowest BCUT2D eigenvalue weighted by atomic mass is 9.42. The van der Waals surface area contributed by atoms with Crippen molar-refractivity contribution < 1.29 is 28.6 Å². The van der Waals surface area contributed by atoms with E-state index in [-0.39, 0.29) is 29.4 Å². The summed E-state index contributed by atoms with van der Waals surface area (Å²) in [5, 5.41) is 0. The second kappa shape index (κ2) is 11.4. The summed E-state index contributed by atoms with van der Waals surface area (Å²) in [7, 11) is 0. The Hall–Kier alpha value is -1.59. The molecule has 4 aliphatic carbocycles. The number of ether oxygens (including phenoxy) is 3. The zero-order valence-electron chi connectivity index (χ0n) is 25.8. The van der Waals surface area contributed by atoms with Gasteiger partial charge in [0.1, 0.15) is 12.2 Å². The fourth-order valence-corrected chi connectivity index (χ4v) is 10.4. The molecule has 0 heterocycles. The van der Waals surface area contributed by atoms with Gasteiger partial charge in [-0.05, 0) is 85.9 Å². The molecule has 6 heteroatoms. The average molecular weight is 547 g/mol. The Kier molecular flexibility index (Phi) is 8.84. The molecule has 10 atom stereocenters. The van der Waals surface area contributed by atoms with Crippen LogP contribution in [0.3, 0.4) is 0 Å². The summed E-state index contributed by atoms with van der Waals surface area (Å²) in [5.41, 5.74) is -1.04. The number of fused-ring (bicyclic) bond motifs is 5. The fourth-order valence-electron chi connectivity index (χ4n) is 10.4. The van der Waals surface area contributed by atoms with Crippen LogP contribution in [0.5, 0.6) is 0 Å². The Balaban J connectivity index is 1.66. The summed E-state index contributed by atoms with van der Waals surface area (Å²) in [6, 6.07) is 0. The molecule has 0 bridgehead atoms. The van der Waals surface area contributed by atoms with Gasteiger partial charge in [-0.25, -0.2) is 0 Å². The van der Waals surface area contributed by atoms with Crippen LogP contribution >= 0.6 is 0 Å². The highest BCUT2D eigenvalue weighted by Crippen LogP contribution is 2.70. The molecule has 222 valence electrons. The molecule has 0 aliphatic heterocycles. The summed E-state index contributed by atoms with van der Waals surface area (Å²) in [5.74, 6) is 2.58. The lowest BCUT2D eigenvalue weighted by molar-refractivity contribution is -0.279. The lowest BCUT2D eigenvalue weighted by Gasteiger charge is -2.66. The molecule has 0 N–H and O–H groups in total. The van der Waals surface area contributed by atoms with E-state index < -0.39 is 11.7 Å². The van der Waals surface area contributed by atoms with Crippen LogP contribution in [0.4, 0.5) is 0 Å². The Morgan fingerprint density at radius 2 is 1.51 bits per heavy atom. The monoisotopic (exact) mass is 546 g/mol. The molecular formula is C33H54O6. The van der Waals surface area contributed by atoms with E-state index >= 15 is 0 Å². The van der Waals surface area contributed by atoms with Crippen LogP contribution < -0.4 is 0 Å². The zero-order valence-corrected chi connectivity index (χ0v) is 25.8.